The van der Waals surface area contributed by atoms with E-state index in [1.807, 2.05) is 0 Å². The molecule has 3 N–H and O–H groups in total. The summed E-state index contributed by atoms with van der Waals surface area (Å²) in [5.41, 5.74) is -1.67. The maximum Gasteiger partial charge on any atom is 0.345 e. The van der Waals surface area contributed by atoms with Crippen molar-refractivity contribution in [1.82, 2.24) is 5.32 Å². The average molecular weight is 305 g/mol. The summed E-state index contributed by atoms with van der Waals surface area (Å²) in [6, 6.07) is 8.85. The van der Waals surface area contributed by atoms with Crippen LogP contribution in [0.1, 0.15) is 18.4 Å². The van der Waals surface area contributed by atoms with Crippen LogP contribution in [0, 0.1) is 0 Å². The van der Waals surface area contributed by atoms with Crippen molar-refractivity contribution in [3.8, 4) is 0 Å². The maximum absolute atomic E-state index is 12.4. The van der Waals surface area contributed by atoms with Gasteiger partial charge < -0.3 is 25.0 Å². The van der Waals surface area contributed by atoms with Gasteiger partial charge in [-0.25, -0.2) is 4.79 Å². The van der Waals surface area contributed by atoms with Crippen LogP contribution in [0.4, 0.5) is 0 Å². The highest BCUT2D eigenvalue weighted by molar-refractivity contribution is 5.81. The fourth-order valence-corrected chi connectivity index (χ4v) is 3.65. The average Bonchev–Trinajstić information content (AvgIpc) is 3.31. The Hall–Kier alpha value is -1.47. The zero-order valence-corrected chi connectivity index (χ0v) is 12.0. The molecule has 0 amide bonds. The molecule has 0 aromatic heterocycles. The number of hydrogen-bond acceptors (Lipinski definition) is 6. The molecule has 3 saturated heterocycles. The Kier molecular flexibility index (Phi) is 3.23. The van der Waals surface area contributed by atoms with Gasteiger partial charge in [0.2, 0.25) is 5.60 Å². The topological polar surface area (TPSA) is 91.3 Å². The third-order valence-corrected chi connectivity index (χ3v) is 4.91. The summed E-state index contributed by atoms with van der Waals surface area (Å²) in [7, 11) is 0. The number of aliphatic hydroxyl groups is 2. The number of piperidine rings is 1. The molecule has 0 radical (unpaired) electrons. The van der Waals surface area contributed by atoms with E-state index in [-0.39, 0.29) is 30.4 Å². The van der Waals surface area contributed by atoms with E-state index in [0.29, 0.717) is 18.4 Å². The van der Waals surface area contributed by atoms with Crippen LogP contribution in [0.5, 0.6) is 0 Å². The second-order valence-electron chi connectivity index (χ2n) is 6.33. The first-order valence-electron chi connectivity index (χ1n) is 7.63. The molecule has 6 atom stereocenters. The van der Waals surface area contributed by atoms with Crippen LogP contribution in [-0.4, -0.2) is 53.2 Å². The minimum Gasteiger partial charge on any atom is -0.460 e. The molecule has 4 rings (SSSR count). The molecule has 6 nitrogen and oxygen atoms in total. The third kappa shape index (κ3) is 2.14. The fourth-order valence-electron chi connectivity index (χ4n) is 3.65. The molecule has 2 bridgehead atoms. The van der Waals surface area contributed by atoms with Crippen LogP contribution in [0.3, 0.4) is 0 Å². The van der Waals surface area contributed by atoms with E-state index >= 15 is 0 Å². The van der Waals surface area contributed by atoms with Gasteiger partial charge in [-0.2, -0.15) is 0 Å². The lowest BCUT2D eigenvalue weighted by Gasteiger charge is -2.33. The number of rotatable bonds is 4. The van der Waals surface area contributed by atoms with Gasteiger partial charge in [0.05, 0.1) is 6.61 Å². The molecule has 1 unspecified atom stereocenters. The van der Waals surface area contributed by atoms with Gasteiger partial charge in [-0.05, 0) is 5.56 Å². The van der Waals surface area contributed by atoms with Crippen molar-refractivity contribution in [1.29, 1.82) is 0 Å². The van der Waals surface area contributed by atoms with Crippen LogP contribution >= 0.6 is 0 Å². The van der Waals surface area contributed by atoms with Crippen molar-refractivity contribution in [2.24, 2.45) is 0 Å². The van der Waals surface area contributed by atoms with Gasteiger partial charge in [0.1, 0.15) is 18.3 Å². The molecule has 1 aromatic rings. The van der Waals surface area contributed by atoms with Crippen LogP contribution in [0.25, 0.3) is 0 Å². The number of fused-ring (bicyclic) bond motifs is 5. The highest BCUT2D eigenvalue weighted by Gasteiger charge is 2.60. The van der Waals surface area contributed by atoms with Crippen molar-refractivity contribution >= 4 is 5.97 Å². The monoisotopic (exact) mass is 305 g/mol. The number of morpholine rings is 1. The van der Waals surface area contributed by atoms with Crippen molar-refractivity contribution < 1.29 is 24.5 Å². The SMILES string of the molecule is O=C(OC1C[C@@H]2N[C@H](C1)[C@H]1O[C@H]12)[C@@](O)(CO)c1ccccc1. The minimum atomic E-state index is -2.01. The molecule has 0 saturated carbocycles. The largest absolute Gasteiger partial charge is 0.460 e. The number of carbonyl (C=O) groups is 1. The predicted octanol–water partition coefficient (Wildman–Crippen LogP) is -0.320. The summed E-state index contributed by atoms with van der Waals surface area (Å²) in [4.78, 5) is 12.4. The summed E-state index contributed by atoms with van der Waals surface area (Å²) < 4.78 is 11.0. The minimum absolute atomic E-state index is 0.223. The first-order chi connectivity index (χ1) is 10.6. The van der Waals surface area contributed by atoms with E-state index < -0.39 is 18.2 Å². The third-order valence-electron chi connectivity index (χ3n) is 4.91. The van der Waals surface area contributed by atoms with E-state index in [1.54, 1.807) is 30.3 Å². The molecule has 118 valence electrons. The predicted molar refractivity (Wildman–Crippen MR) is 75.9 cm³/mol. The van der Waals surface area contributed by atoms with Gasteiger partial charge in [-0.15, -0.1) is 0 Å². The number of epoxide rings is 1. The Morgan fingerprint density at radius 1 is 1.27 bits per heavy atom. The Labute approximate surface area is 128 Å². The molecule has 1 aromatic carbocycles. The highest BCUT2D eigenvalue weighted by atomic mass is 16.6. The van der Waals surface area contributed by atoms with Gasteiger partial charge in [-0.1, -0.05) is 30.3 Å². The standard InChI is InChI=1S/C16H19NO5/c18-8-16(20,9-4-2-1-3-5-9)15(19)21-10-6-11-13-14(22-13)12(7-10)17-11/h1-5,10-14,17-18,20H,6-8H2/t10?,11-,12+,13-,14+,16-/m1/s1. The fraction of sp³-hybridized carbons (Fsp3) is 0.562. The Morgan fingerprint density at radius 3 is 2.50 bits per heavy atom. The van der Waals surface area contributed by atoms with Crippen LogP contribution < -0.4 is 5.32 Å². The van der Waals surface area contributed by atoms with E-state index in [2.05, 4.69) is 5.32 Å². The number of benzene rings is 1. The quantitative estimate of drug-likeness (QED) is 0.522. The number of carbonyl (C=O) groups excluding carboxylic acids is 1. The van der Waals surface area contributed by atoms with Crippen molar-refractivity contribution in [3.05, 3.63) is 35.9 Å². The molecule has 22 heavy (non-hydrogen) atoms. The van der Waals surface area contributed by atoms with Crippen molar-refractivity contribution in [2.75, 3.05) is 6.61 Å². The van der Waals surface area contributed by atoms with Gasteiger partial charge in [0, 0.05) is 24.9 Å². The summed E-state index contributed by atoms with van der Waals surface area (Å²) in [6.07, 6.45) is 1.61. The van der Waals surface area contributed by atoms with Crippen LogP contribution in [-0.2, 0) is 19.9 Å². The normalized spacial score (nSPS) is 38.0. The zero-order chi connectivity index (χ0) is 15.3. The smallest absolute Gasteiger partial charge is 0.345 e. The lowest BCUT2D eigenvalue weighted by Crippen LogP contribution is -2.49. The first-order valence-corrected chi connectivity index (χ1v) is 7.63. The Balaban J connectivity index is 1.47. The van der Waals surface area contributed by atoms with E-state index in [0.717, 1.165) is 0 Å². The van der Waals surface area contributed by atoms with Gasteiger partial charge in [0.25, 0.3) is 0 Å². The van der Waals surface area contributed by atoms with Crippen LogP contribution in [0.2, 0.25) is 0 Å². The second kappa shape index (κ2) is 5.03. The summed E-state index contributed by atoms with van der Waals surface area (Å²) in [6.45, 7) is -0.706. The molecular weight excluding hydrogens is 286 g/mol. The zero-order valence-electron chi connectivity index (χ0n) is 12.0. The number of nitrogens with one attached hydrogen (secondary N) is 1. The molecule has 3 aliphatic heterocycles. The van der Waals surface area contributed by atoms with Crippen molar-refractivity contribution in [3.63, 3.8) is 0 Å². The lowest BCUT2D eigenvalue weighted by atomic mass is 9.94. The Bertz CT molecular complexity index is 563. The number of hydrogen-bond donors (Lipinski definition) is 3. The number of aliphatic hydroxyl groups excluding tert-OH is 1. The van der Waals surface area contributed by atoms with Crippen molar-refractivity contribution in [2.45, 2.75) is 48.8 Å². The molecule has 3 aliphatic rings. The molecule has 6 heteroatoms. The molecular formula is C16H19NO5. The van der Waals surface area contributed by atoms with Gasteiger partial charge >= 0.3 is 5.97 Å². The molecule has 0 aliphatic carbocycles. The lowest BCUT2D eigenvalue weighted by molar-refractivity contribution is -0.179. The second-order valence-corrected chi connectivity index (χ2v) is 6.33. The molecule has 3 heterocycles. The van der Waals surface area contributed by atoms with E-state index in [9.17, 15) is 15.0 Å². The number of esters is 1. The summed E-state index contributed by atoms with van der Waals surface area (Å²) in [5.74, 6) is -0.790. The maximum atomic E-state index is 12.4. The highest BCUT2D eigenvalue weighted by Crippen LogP contribution is 2.43. The van der Waals surface area contributed by atoms with Gasteiger partial charge in [0.15, 0.2) is 0 Å². The number of ether oxygens (including phenoxy) is 2. The van der Waals surface area contributed by atoms with E-state index in [4.69, 9.17) is 9.47 Å². The Morgan fingerprint density at radius 2 is 1.91 bits per heavy atom. The summed E-state index contributed by atoms with van der Waals surface area (Å²) in [5, 5.41) is 23.5. The van der Waals surface area contributed by atoms with E-state index in [1.165, 1.54) is 0 Å². The van der Waals surface area contributed by atoms with Gasteiger partial charge in [-0.3, -0.25) is 0 Å². The first kappa shape index (κ1) is 14.1. The van der Waals surface area contributed by atoms with Crippen LogP contribution in [0.15, 0.2) is 30.3 Å². The molecule has 3 fully saturated rings. The summed E-state index contributed by atoms with van der Waals surface area (Å²) >= 11 is 0. The molecule has 0 spiro atoms.